The van der Waals surface area contributed by atoms with Crippen LogP contribution in [0.2, 0.25) is 10.0 Å². The minimum Gasteiger partial charge on any atom is -0.369 e. The van der Waals surface area contributed by atoms with Gasteiger partial charge in [0, 0.05) is 72.5 Å². The van der Waals surface area contributed by atoms with E-state index in [1.54, 1.807) is 24.1 Å². The molecule has 0 bridgehead atoms. The van der Waals surface area contributed by atoms with Crippen molar-refractivity contribution in [2.75, 3.05) is 56.1 Å². The van der Waals surface area contributed by atoms with E-state index in [0.29, 0.717) is 22.0 Å². The average molecular weight is 568 g/mol. The normalized spacial score (nSPS) is 17.0. The summed E-state index contributed by atoms with van der Waals surface area (Å²) in [4.78, 5) is 33.7. The first kappa shape index (κ1) is 26.6. The number of nitrogens with zero attached hydrogens (tertiary/aromatic N) is 3. The zero-order chi connectivity index (χ0) is 26.6. The van der Waals surface area contributed by atoms with E-state index >= 15 is 0 Å². The maximum Gasteiger partial charge on any atom is 0.264 e. The lowest BCUT2D eigenvalue weighted by molar-refractivity contribution is -0.114. The van der Waals surface area contributed by atoms with Crippen molar-refractivity contribution in [3.05, 3.63) is 92.8 Å². The van der Waals surface area contributed by atoms with Crippen LogP contribution in [0.3, 0.4) is 0 Å². The van der Waals surface area contributed by atoms with E-state index in [1.165, 1.54) is 11.8 Å². The van der Waals surface area contributed by atoms with Crippen LogP contribution in [0.1, 0.15) is 15.9 Å². The standard InChI is InChI=1S/C29H28Cl2N4O2S/c1-33-25-17-21(9-10-26(25)38-27(29(33)37)18-20-5-2-3-8-24(20)31)28(36)32-11-12-34-13-15-35(16-14-34)23-7-4-6-22(30)19-23/h2-10,17-19H,11-16H2,1H3,(H,32,36). The van der Waals surface area contributed by atoms with Crippen molar-refractivity contribution in [1.29, 1.82) is 0 Å². The third-order valence-electron chi connectivity index (χ3n) is 6.77. The van der Waals surface area contributed by atoms with Gasteiger partial charge in [0.05, 0.1) is 10.6 Å². The molecule has 0 aromatic heterocycles. The fourth-order valence-corrected chi connectivity index (χ4v) is 6.06. The molecule has 1 N–H and O–H groups in total. The Hall–Kier alpha value is -2.97. The molecule has 6 nitrogen and oxygen atoms in total. The smallest absolute Gasteiger partial charge is 0.264 e. The third-order valence-corrected chi connectivity index (χ3v) is 8.43. The molecule has 0 atom stereocenters. The summed E-state index contributed by atoms with van der Waals surface area (Å²) in [6.45, 7) is 5.03. The molecule has 196 valence electrons. The van der Waals surface area contributed by atoms with Crippen molar-refractivity contribution in [2.24, 2.45) is 0 Å². The van der Waals surface area contributed by atoms with Crippen LogP contribution >= 0.6 is 35.0 Å². The van der Waals surface area contributed by atoms with Gasteiger partial charge in [-0.05, 0) is 54.1 Å². The van der Waals surface area contributed by atoms with Gasteiger partial charge in [-0.2, -0.15) is 0 Å². The number of fused-ring (bicyclic) bond motifs is 1. The minimum atomic E-state index is -0.145. The zero-order valence-electron chi connectivity index (χ0n) is 21.0. The Kier molecular flexibility index (Phi) is 8.29. The molecule has 0 saturated carbocycles. The number of likely N-dealkylation sites (N-methyl/N-ethyl adjacent to an activating group) is 1. The molecule has 1 saturated heterocycles. The number of hydrogen-bond acceptors (Lipinski definition) is 5. The highest BCUT2D eigenvalue weighted by molar-refractivity contribution is 8.04. The Labute approximate surface area is 237 Å². The summed E-state index contributed by atoms with van der Waals surface area (Å²) in [5, 5.41) is 4.37. The lowest BCUT2D eigenvalue weighted by Crippen LogP contribution is -2.48. The number of anilines is 2. The second-order valence-corrected chi connectivity index (χ2v) is 11.2. The highest BCUT2D eigenvalue weighted by Crippen LogP contribution is 2.42. The van der Waals surface area contributed by atoms with Crippen molar-refractivity contribution in [1.82, 2.24) is 10.2 Å². The molecule has 2 amide bonds. The fourth-order valence-electron chi connectivity index (χ4n) is 4.60. The first-order valence-electron chi connectivity index (χ1n) is 12.5. The molecule has 0 radical (unpaired) electrons. The Morgan fingerprint density at radius 3 is 2.55 bits per heavy atom. The van der Waals surface area contributed by atoms with E-state index in [9.17, 15) is 9.59 Å². The molecule has 0 unspecified atom stereocenters. The summed E-state index contributed by atoms with van der Waals surface area (Å²) in [6.07, 6.45) is 1.81. The number of carbonyl (C=O) groups excluding carboxylic acids is 2. The van der Waals surface area contributed by atoms with E-state index in [0.717, 1.165) is 59.6 Å². The number of amides is 2. The Morgan fingerprint density at radius 2 is 1.79 bits per heavy atom. The van der Waals surface area contributed by atoms with E-state index in [2.05, 4.69) is 21.2 Å². The first-order valence-corrected chi connectivity index (χ1v) is 14.0. The van der Waals surface area contributed by atoms with Crippen molar-refractivity contribution < 1.29 is 9.59 Å². The maximum absolute atomic E-state index is 13.0. The van der Waals surface area contributed by atoms with Gasteiger partial charge in [0.1, 0.15) is 0 Å². The van der Waals surface area contributed by atoms with Crippen molar-refractivity contribution in [3.63, 3.8) is 0 Å². The van der Waals surface area contributed by atoms with Crippen LogP contribution in [0.5, 0.6) is 0 Å². The van der Waals surface area contributed by atoms with Crippen LogP contribution in [-0.2, 0) is 4.79 Å². The summed E-state index contributed by atoms with van der Waals surface area (Å²) >= 11 is 13.8. The quantitative estimate of drug-likeness (QED) is 0.390. The molecular formula is C29H28Cl2N4O2S. The number of carbonyl (C=O) groups is 2. The average Bonchev–Trinajstić information content (AvgIpc) is 2.93. The Balaban J connectivity index is 1.16. The van der Waals surface area contributed by atoms with Crippen LogP contribution in [0.15, 0.2) is 76.5 Å². The predicted octanol–water partition coefficient (Wildman–Crippen LogP) is 5.66. The number of rotatable bonds is 6. The number of piperazine rings is 1. The fraction of sp³-hybridized carbons (Fsp3) is 0.241. The monoisotopic (exact) mass is 566 g/mol. The number of halogens is 2. The number of hydrogen-bond donors (Lipinski definition) is 1. The SMILES string of the molecule is CN1C(=O)C(=Cc2ccccc2Cl)Sc2ccc(C(=O)NCCN3CCN(c4cccc(Cl)c4)CC3)cc21. The van der Waals surface area contributed by atoms with Crippen molar-refractivity contribution in [2.45, 2.75) is 4.90 Å². The molecule has 1 fully saturated rings. The molecule has 38 heavy (non-hydrogen) atoms. The van der Waals surface area contributed by atoms with E-state index < -0.39 is 0 Å². The molecular weight excluding hydrogens is 539 g/mol. The van der Waals surface area contributed by atoms with Gasteiger partial charge in [-0.3, -0.25) is 14.5 Å². The summed E-state index contributed by atoms with van der Waals surface area (Å²) in [5.74, 6) is -0.273. The topological polar surface area (TPSA) is 55.9 Å². The number of thioether (sulfide) groups is 1. The van der Waals surface area contributed by atoms with Gasteiger partial charge in [0.25, 0.3) is 11.8 Å². The highest BCUT2D eigenvalue weighted by atomic mass is 35.5. The van der Waals surface area contributed by atoms with Crippen LogP contribution < -0.4 is 15.1 Å². The minimum absolute atomic E-state index is 0.128. The summed E-state index contributed by atoms with van der Waals surface area (Å²) in [5.41, 5.74) is 3.20. The second-order valence-electron chi connectivity index (χ2n) is 9.24. The van der Waals surface area contributed by atoms with Crippen LogP contribution in [0.25, 0.3) is 6.08 Å². The van der Waals surface area contributed by atoms with Crippen molar-refractivity contribution in [3.8, 4) is 0 Å². The van der Waals surface area contributed by atoms with Gasteiger partial charge in [-0.1, -0.05) is 59.2 Å². The summed E-state index contributed by atoms with van der Waals surface area (Å²) < 4.78 is 0. The van der Waals surface area contributed by atoms with Crippen LogP contribution in [0, 0.1) is 0 Å². The number of benzene rings is 3. The molecule has 5 rings (SSSR count). The van der Waals surface area contributed by atoms with Gasteiger partial charge in [-0.25, -0.2) is 0 Å². The van der Waals surface area contributed by atoms with E-state index in [1.807, 2.05) is 54.6 Å². The highest BCUT2D eigenvalue weighted by Gasteiger charge is 2.27. The molecule has 9 heteroatoms. The van der Waals surface area contributed by atoms with Gasteiger partial charge in [-0.15, -0.1) is 0 Å². The Bertz CT molecular complexity index is 1390. The summed E-state index contributed by atoms with van der Waals surface area (Å²) in [6, 6.07) is 20.9. The lowest BCUT2D eigenvalue weighted by Gasteiger charge is -2.36. The molecule has 2 heterocycles. The zero-order valence-corrected chi connectivity index (χ0v) is 23.3. The first-order chi connectivity index (χ1) is 18.4. The second kappa shape index (κ2) is 11.8. The van der Waals surface area contributed by atoms with E-state index in [4.69, 9.17) is 23.2 Å². The molecule has 3 aromatic rings. The van der Waals surface area contributed by atoms with Gasteiger partial charge < -0.3 is 15.1 Å². The predicted molar refractivity (Wildman–Crippen MR) is 158 cm³/mol. The van der Waals surface area contributed by atoms with E-state index in [-0.39, 0.29) is 11.8 Å². The van der Waals surface area contributed by atoms with Gasteiger partial charge >= 0.3 is 0 Å². The Morgan fingerprint density at radius 1 is 1.00 bits per heavy atom. The lowest BCUT2D eigenvalue weighted by atomic mass is 10.1. The largest absolute Gasteiger partial charge is 0.369 e. The molecule has 3 aromatic carbocycles. The van der Waals surface area contributed by atoms with Crippen LogP contribution in [0.4, 0.5) is 11.4 Å². The summed E-state index contributed by atoms with van der Waals surface area (Å²) in [7, 11) is 1.73. The molecule has 2 aliphatic heterocycles. The van der Waals surface area contributed by atoms with Crippen molar-refractivity contribution >= 4 is 64.2 Å². The molecule has 0 aliphatic carbocycles. The van der Waals surface area contributed by atoms with Crippen LogP contribution in [-0.4, -0.2) is 63.0 Å². The van der Waals surface area contributed by atoms with Gasteiger partial charge in [0.15, 0.2) is 0 Å². The maximum atomic E-state index is 13.0. The number of nitrogens with one attached hydrogen (secondary N) is 1. The molecule has 0 spiro atoms. The third kappa shape index (κ3) is 6.02. The van der Waals surface area contributed by atoms with Gasteiger partial charge in [0.2, 0.25) is 0 Å². The molecule has 2 aliphatic rings.